The Bertz CT molecular complexity index is 482. The zero-order valence-electron chi connectivity index (χ0n) is 7.94. The highest BCUT2D eigenvalue weighted by molar-refractivity contribution is 7.90. The second kappa shape index (κ2) is 2.91. The fourth-order valence-electron chi connectivity index (χ4n) is 1.54. The van der Waals surface area contributed by atoms with E-state index in [9.17, 15) is 8.42 Å². The standard InChI is InChI=1S/C8H10N2O3S/c1-5-9-7-4-14(11,12)3-6(7)8(10-5)13-2/h3-4H2,1-2H3. The van der Waals surface area contributed by atoms with Crippen molar-refractivity contribution in [2.75, 3.05) is 7.11 Å². The van der Waals surface area contributed by atoms with E-state index in [0.29, 0.717) is 23.0 Å². The van der Waals surface area contributed by atoms with Gasteiger partial charge in [-0.3, -0.25) is 0 Å². The van der Waals surface area contributed by atoms with Crippen LogP contribution in [0.1, 0.15) is 17.1 Å². The van der Waals surface area contributed by atoms with E-state index in [-0.39, 0.29) is 11.5 Å². The van der Waals surface area contributed by atoms with Crippen molar-refractivity contribution in [1.82, 2.24) is 9.97 Å². The Morgan fingerprint density at radius 2 is 2.00 bits per heavy atom. The molecule has 0 N–H and O–H groups in total. The van der Waals surface area contributed by atoms with Crippen molar-refractivity contribution in [1.29, 1.82) is 0 Å². The third-order valence-electron chi connectivity index (χ3n) is 2.08. The monoisotopic (exact) mass is 214 g/mol. The van der Waals surface area contributed by atoms with Crippen LogP contribution in [-0.2, 0) is 21.3 Å². The zero-order chi connectivity index (χ0) is 10.3. The van der Waals surface area contributed by atoms with Crippen molar-refractivity contribution in [3.05, 3.63) is 17.1 Å². The lowest BCUT2D eigenvalue weighted by Gasteiger charge is -2.04. The summed E-state index contributed by atoms with van der Waals surface area (Å²) in [6.07, 6.45) is 0. The maximum Gasteiger partial charge on any atom is 0.220 e. The molecule has 1 aromatic rings. The van der Waals surface area contributed by atoms with Gasteiger partial charge in [-0.15, -0.1) is 0 Å². The number of aromatic nitrogens is 2. The van der Waals surface area contributed by atoms with E-state index in [2.05, 4.69) is 9.97 Å². The summed E-state index contributed by atoms with van der Waals surface area (Å²) in [5, 5.41) is 0. The number of methoxy groups -OCH3 is 1. The number of hydrogen-bond acceptors (Lipinski definition) is 5. The lowest BCUT2D eigenvalue weighted by atomic mass is 10.2. The summed E-state index contributed by atoms with van der Waals surface area (Å²) in [7, 11) is -1.56. The van der Waals surface area contributed by atoms with Gasteiger partial charge in [0.1, 0.15) is 5.82 Å². The first-order valence-corrected chi connectivity index (χ1v) is 5.95. The van der Waals surface area contributed by atoms with Gasteiger partial charge in [0.2, 0.25) is 5.88 Å². The van der Waals surface area contributed by atoms with Crippen molar-refractivity contribution in [2.24, 2.45) is 0 Å². The van der Waals surface area contributed by atoms with Crippen LogP contribution in [0, 0.1) is 6.92 Å². The van der Waals surface area contributed by atoms with Crippen molar-refractivity contribution in [3.63, 3.8) is 0 Å². The first kappa shape index (κ1) is 9.39. The lowest BCUT2D eigenvalue weighted by molar-refractivity contribution is 0.391. The molecular formula is C8H10N2O3S. The third-order valence-corrected chi connectivity index (χ3v) is 3.52. The van der Waals surface area contributed by atoms with E-state index >= 15 is 0 Å². The Hall–Kier alpha value is -1.17. The average molecular weight is 214 g/mol. The quantitative estimate of drug-likeness (QED) is 0.669. The van der Waals surface area contributed by atoms with Gasteiger partial charge in [0.05, 0.1) is 29.9 Å². The van der Waals surface area contributed by atoms with Gasteiger partial charge in [-0.2, -0.15) is 4.98 Å². The molecule has 1 aliphatic rings. The fraction of sp³-hybridized carbons (Fsp3) is 0.500. The molecular weight excluding hydrogens is 204 g/mol. The minimum atomic E-state index is -3.04. The lowest BCUT2D eigenvalue weighted by Crippen LogP contribution is -2.00. The van der Waals surface area contributed by atoms with E-state index in [0.717, 1.165) is 0 Å². The van der Waals surface area contributed by atoms with Crippen LogP contribution in [0.4, 0.5) is 0 Å². The number of nitrogens with zero attached hydrogens (tertiary/aromatic N) is 2. The molecule has 76 valence electrons. The van der Waals surface area contributed by atoms with Gasteiger partial charge in [0.15, 0.2) is 9.84 Å². The van der Waals surface area contributed by atoms with Crippen LogP contribution >= 0.6 is 0 Å². The Morgan fingerprint density at radius 1 is 1.29 bits per heavy atom. The second-order valence-corrected chi connectivity index (χ2v) is 5.30. The molecule has 5 nitrogen and oxygen atoms in total. The molecule has 0 amide bonds. The highest BCUT2D eigenvalue weighted by Gasteiger charge is 2.30. The molecule has 2 heterocycles. The topological polar surface area (TPSA) is 69.2 Å². The van der Waals surface area contributed by atoms with Gasteiger partial charge in [0.25, 0.3) is 0 Å². The predicted molar refractivity (Wildman–Crippen MR) is 49.6 cm³/mol. The largest absolute Gasteiger partial charge is 0.481 e. The average Bonchev–Trinajstić information content (AvgIpc) is 2.37. The zero-order valence-corrected chi connectivity index (χ0v) is 8.76. The van der Waals surface area contributed by atoms with Gasteiger partial charge in [-0.05, 0) is 6.92 Å². The van der Waals surface area contributed by atoms with E-state index in [4.69, 9.17) is 4.74 Å². The molecule has 6 heteroatoms. The molecule has 0 aliphatic carbocycles. The number of ether oxygens (including phenoxy) is 1. The normalized spacial score (nSPS) is 17.9. The van der Waals surface area contributed by atoms with Crippen LogP contribution in [0.2, 0.25) is 0 Å². The maximum atomic E-state index is 11.3. The van der Waals surface area contributed by atoms with Crippen LogP contribution in [0.5, 0.6) is 5.88 Å². The Morgan fingerprint density at radius 3 is 2.64 bits per heavy atom. The van der Waals surface area contributed by atoms with Gasteiger partial charge >= 0.3 is 0 Å². The highest BCUT2D eigenvalue weighted by atomic mass is 32.2. The molecule has 1 aromatic heterocycles. The van der Waals surface area contributed by atoms with Gasteiger partial charge in [-0.25, -0.2) is 13.4 Å². The van der Waals surface area contributed by atoms with E-state index in [1.165, 1.54) is 7.11 Å². The first-order valence-electron chi connectivity index (χ1n) is 4.12. The van der Waals surface area contributed by atoms with E-state index in [1.54, 1.807) is 6.92 Å². The highest BCUT2D eigenvalue weighted by Crippen LogP contribution is 2.29. The molecule has 0 spiro atoms. The number of aryl methyl sites for hydroxylation is 1. The second-order valence-electron chi connectivity index (χ2n) is 3.24. The summed E-state index contributed by atoms with van der Waals surface area (Å²) in [5.41, 5.74) is 1.19. The number of hydrogen-bond donors (Lipinski definition) is 0. The maximum absolute atomic E-state index is 11.3. The molecule has 0 bridgehead atoms. The van der Waals surface area contributed by atoms with Gasteiger partial charge in [0, 0.05) is 0 Å². The third kappa shape index (κ3) is 1.45. The summed E-state index contributed by atoms with van der Waals surface area (Å²) in [6, 6.07) is 0. The summed E-state index contributed by atoms with van der Waals surface area (Å²) < 4.78 is 27.7. The summed E-state index contributed by atoms with van der Waals surface area (Å²) >= 11 is 0. The summed E-state index contributed by atoms with van der Waals surface area (Å²) in [6.45, 7) is 1.72. The predicted octanol–water partition coefficient (Wildman–Crippen LogP) is 0.222. The van der Waals surface area contributed by atoms with Crippen LogP contribution in [0.3, 0.4) is 0 Å². The molecule has 0 saturated heterocycles. The number of rotatable bonds is 1. The fourth-order valence-corrected chi connectivity index (χ4v) is 3.03. The van der Waals surface area contributed by atoms with E-state index in [1.807, 2.05) is 0 Å². The minimum absolute atomic E-state index is 0.00204. The Balaban J connectivity index is 2.61. The van der Waals surface area contributed by atoms with Crippen molar-refractivity contribution >= 4 is 9.84 Å². The molecule has 0 fully saturated rings. The van der Waals surface area contributed by atoms with Crippen molar-refractivity contribution in [3.8, 4) is 5.88 Å². The van der Waals surface area contributed by atoms with Crippen LogP contribution in [0.25, 0.3) is 0 Å². The van der Waals surface area contributed by atoms with Crippen molar-refractivity contribution < 1.29 is 13.2 Å². The summed E-state index contributed by atoms with van der Waals surface area (Å²) in [4.78, 5) is 8.12. The molecule has 0 saturated carbocycles. The molecule has 0 unspecified atom stereocenters. The Labute approximate surface area is 82.1 Å². The number of fused-ring (bicyclic) bond motifs is 1. The van der Waals surface area contributed by atoms with Crippen LogP contribution < -0.4 is 4.74 Å². The van der Waals surface area contributed by atoms with Crippen molar-refractivity contribution in [2.45, 2.75) is 18.4 Å². The Kier molecular flexibility index (Phi) is 1.95. The van der Waals surface area contributed by atoms with Crippen LogP contribution in [-0.4, -0.2) is 25.5 Å². The van der Waals surface area contributed by atoms with Gasteiger partial charge < -0.3 is 4.74 Å². The molecule has 14 heavy (non-hydrogen) atoms. The minimum Gasteiger partial charge on any atom is -0.481 e. The summed E-state index contributed by atoms with van der Waals surface area (Å²) in [5.74, 6) is 0.916. The first-order chi connectivity index (χ1) is 6.52. The van der Waals surface area contributed by atoms with E-state index < -0.39 is 9.84 Å². The number of sulfone groups is 1. The van der Waals surface area contributed by atoms with Crippen LogP contribution in [0.15, 0.2) is 0 Å². The smallest absolute Gasteiger partial charge is 0.220 e. The SMILES string of the molecule is COc1nc(C)nc2c1CS(=O)(=O)C2. The molecule has 0 atom stereocenters. The molecule has 2 rings (SSSR count). The molecule has 0 aromatic carbocycles. The molecule has 0 radical (unpaired) electrons. The van der Waals surface area contributed by atoms with Gasteiger partial charge in [-0.1, -0.05) is 0 Å². The molecule has 1 aliphatic heterocycles.